The van der Waals surface area contributed by atoms with Crippen molar-refractivity contribution in [3.05, 3.63) is 47.0 Å². The van der Waals surface area contributed by atoms with Crippen molar-refractivity contribution in [1.82, 2.24) is 0 Å². The average molecular weight is 336 g/mol. The van der Waals surface area contributed by atoms with Gasteiger partial charge in [0.05, 0.1) is 23.9 Å². The van der Waals surface area contributed by atoms with E-state index in [1.54, 1.807) is 0 Å². The molecule has 2 aliphatic carbocycles. The molecule has 0 heterocycles. The molecule has 1 aromatic rings. The van der Waals surface area contributed by atoms with E-state index in [2.05, 4.69) is 0 Å². The molecule has 3 rings (SSSR count). The molecule has 1 N–H and O–H groups in total. The fraction of sp³-hybridized carbons (Fsp3) is 0.368. The Kier molecular flexibility index (Phi) is 4.11. The summed E-state index contributed by atoms with van der Waals surface area (Å²) in [7, 11) is 0. The molecule has 0 amide bonds. The smallest absolute Gasteiger partial charge is 0.189 e. The summed E-state index contributed by atoms with van der Waals surface area (Å²) in [5, 5.41) is 37.4. The number of fused-ring (bicyclic) bond motifs is 1. The van der Waals surface area contributed by atoms with Gasteiger partial charge in [-0.05, 0) is 42.4 Å². The van der Waals surface area contributed by atoms with Crippen LogP contribution in [0.5, 0.6) is 0 Å². The summed E-state index contributed by atoms with van der Waals surface area (Å²) >= 11 is 0. The third-order valence-electron chi connectivity index (χ3n) is 5.22. The first kappa shape index (κ1) is 16.8. The first-order chi connectivity index (χ1) is 12.0. The first-order valence-corrected chi connectivity index (χ1v) is 7.96. The van der Waals surface area contributed by atoms with Gasteiger partial charge in [-0.25, -0.2) is 8.78 Å². The maximum atomic E-state index is 14.5. The highest BCUT2D eigenvalue weighted by Crippen LogP contribution is 2.55. The molecule has 0 saturated heterocycles. The van der Waals surface area contributed by atoms with Gasteiger partial charge in [-0.3, -0.25) is 0 Å². The van der Waals surface area contributed by atoms with Crippen LogP contribution in [0.2, 0.25) is 0 Å². The lowest BCUT2D eigenvalue weighted by Crippen LogP contribution is -2.49. The van der Waals surface area contributed by atoms with Crippen molar-refractivity contribution < 1.29 is 8.78 Å². The highest BCUT2D eigenvalue weighted by molar-refractivity contribution is 6.00. The lowest BCUT2D eigenvalue weighted by atomic mass is 9.53. The van der Waals surface area contributed by atoms with E-state index in [0.29, 0.717) is 12.0 Å². The summed E-state index contributed by atoms with van der Waals surface area (Å²) in [4.78, 5) is 0. The molecule has 0 bridgehead atoms. The number of nitrogens with zero attached hydrogens (tertiary/aromatic N) is 3. The van der Waals surface area contributed by atoms with Gasteiger partial charge in [-0.2, -0.15) is 15.8 Å². The van der Waals surface area contributed by atoms with Crippen LogP contribution >= 0.6 is 0 Å². The molecule has 1 fully saturated rings. The standard InChI is InChI=1S/C19H14F2N4/c20-11-5-6-14(16(21)7-11)17-13-4-2-1-3-12(13)15(8-22)18(25)19(17,9-23)10-24/h3,5-7,13,15,17,25H,1-2,4H2/t13-,15-,17+/m1/s1. The molecule has 1 aromatic carbocycles. The van der Waals surface area contributed by atoms with Crippen LogP contribution in [0.15, 0.2) is 29.8 Å². The summed E-state index contributed by atoms with van der Waals surface area (Å²) in [5.74, 6) is -3.88. The number of hydrogen-bond donors (Lipinski definition) is 1. The van der Waals surface area contributed by atoms with Gasteiger partial charge in [0, 0.05) is 12.0 Å². The van der Waals surface area contributed by atoms with Crippen molar-refractivity contribution >= 4 is 5.71 Å². The average Bonchev–Trinajstić information content (AvgIpc) is 2.62. The number of nitrogens with one attached hydrogen (secondary N) is 1. The molecule has 6 heteroatoms. The number of benzene rings is 1. The summed E-state index contributed by atoms with van der Waals surface area (Å²) in [5.41, 5.74) is -1.55. The lowest BCUT2D eigenvalue weighted by Gasteiger charge is -2.45. The Bertz CT molecular complexity index is 883. The minimum Gasteiger partial charge on any atom is -0.305 e. The van der Waals surface area contributed by atoms with Gasteiger partial charge in [0.25, 0.3) is 0 Å². The number of nitriles is 3. The van der Waals surface area contributed by atoms with Crippen LogP contribution in [-0.2, 0) is 0 Å². The third-order valence-corrected chi connectivity index (χ3v) is 5.22. The number of halogens is 2. The second kappa shape index (κ2) is 6.11. The van der Waals surface area contributed by atoms with Crippen LogP contribution in [-0.4, -0.2) is 5.71 Å². The molecule has 0 aromatic heterocycles. The second-order valence-electron chi connectivity index (χ2n) is 6.39. The van der Waals surface area contributed by atoms with Crippen LogP contribution in [0.1, 0.15) is 30.7 Å². The monoisotopic (exact) mass is 336 g/mol. The molecule has 124 valence electrons. The van der Waals surface area contributed by atoms with E-state index in [9.17, 15) is 24.6 Å². The Hall–Kier alpha value is -3.04. The predicted octanol–water partition coefficient (Wildman–Crippen LogP) is 3.98. The second-order valence-corrected chi connectivity index (χ2v) is 6.39. The van der Waals surface area contributed by atoms with Crippen molar-refractivity contribution in [3.8, 4) is 18.2 Å². The van der Waals surface area contributed by atoms with Gasteiger partial charge in [0.2, 0.25) is 0 Å². The Morgan fingerprint density at radius 2 is 1.88 bits per heavy atom. The fourth-order valence-electron chi connectivity index (χ4n) is 4.11. The zero-order valence-electron chi connectivity index (χ0n) is 13.3. The Morgan fingerprint density at radius 3 is 2.48 bits per heavy atom. The quantitative estimate of drug-likeness (QED) is 0.786. The van der Waals surface area contributed by atoms with Crippen LogP contribution < -0.4 is 0 Å². The maximum Gasteiger partial charge on any atom is 0.189 e. The predicted molar refractivity (Wildman–Crippen MR) is 85.0 cm³/mol. The van der Waals surface area contributed by atoms with E-state index >= 15 is 0 Å². The highest BCUT2D eigenvalue weighted by atomic mass is 19.1. The minimum atomic E-state index is -1.95. The molecule has 1 saturated carbocycles. The van der Waals surface area contributed by atoms with Crippen molar-refractivity contribution in [1.29, 1.82) is 21.2 Å². The van der Waals surface area contributed by atoms with Gasteiger partial charge < -0.3 is 5.41 Å². The number of allylic oxidation sites excluding steroid dienone is 2. The van der Waals surface area contributed by atoms with Gasteiger partial charge in [0.1, 0.15) is 17.6 Å². The Balaban J connectivity index is 2.29. The van der Waals surface area contributed by atoms with Gasteiger partial charge in [-0.1, -0.05) is 12.1 Å². The summed E-state index contributed by atoms with van der Waals surface area (Å²) in [6, 6.07) is 8.84. The highest BCUT2D eigenvalue weighted by Gasteiger charge is 2.57. The Labute approximate surface area is 144 Å². The van der Waals surface area contributed by atoms with Crippen molar-refractivity contribution in [3.63, 3.8) is 0 Å². The summed E-state index contributed by atoms with van der Waals surface area (Å²) in [6.45, 7) is 0. The normalized spacial score (nSPS) is 27.2. The van der Waals surface area contributed by atoms with Crippen LogP contribution in [0.4, 0.5) is 8.78 Å². The first-order valence-electron chi connectivity index (χ1n) is 7.96. The minimum absolute atomic E-state index is 0.0449. The molecule has 0 aliphatic heterocycles. The Morgan fingerprint density at radius 1 is 1.16 bits per heavy atom. The summed E-state index contributed by atoms with van der Waals surface area (Å²) < 4.78 is 27.8. The fourth-order valence-corrected chi connectivity index (χ4v) is 4.11. The van der Waals surface area contributed by atoms with Crippen molar-refractivity contribution in [2.75, 3.05) is 0 Å². The molecule has 25 heavy (non-hydrogen) atoms. The third kappa shape index (κ3) is 2.32. The molecule has 0 unspecified atom stereocenters. The lowest BCUT2D eigenvalue weighted by molar-refractivity contribution is 0.312. The number of hydrogen-bond acceptors (Lipinski definition) is 4. The van der Waals surface area contributed by atoms with Crippen LogP contribution in [0.25, 0.3) is 0 Å². The van der Waals surface area contributed by atoms with E-state index in [1.807, 2.05) is 24.3 Å². The molecule has 2 aliphatic rings. The van der Waals surface area contributed by atoms with E-state index < -0.39 is 34.8 Å². The van der Waals surface area contributed by atoms with Crippen LogP contribution in [0, 0.1) is 68.3 Å². The largest absolute Gasteiger partial charge is 0.305 e. The SMILES string of the molecule is N#C[C@H]1C(=N)C(C#N)(C#N)[C@H](c2ccc(F)cc2F)[C@@H]2CCCC=C12. The zero-order valence-corrected chi connectivity index (χ0v) is 13.3. The van der Waals surface area contributed by atoms with E-state index in [-0.39, 0.29) is 11.3 Å². The van der Waals surface area contributed by atoms with Gasteiger partial charge in [0.15, 0.2) is 5.41 Å². The van der Waals surface area contributed by atoms with E-state index in [4.69, 9.17) is 5.41 Å². The zero-order chi connectivity index (χ0) is 18.2. The van der Waals surface area contributed by atoms with Crippen LogP contribution in [0.3, 0.4) is 0 Å². The van der Waals surface area contributed by atoms with Gasteiger partial charge in [-0.15, -0.1) is 0 Å². The van der Waals surface area contributed by atoms with E-state index in [1.165, 1.54) is 6.07 Å². The molecular formula is C19H14F2N4. The van der Waals surface area contributed by atoms with E-state index in [0.717, 1.165) is 25.0 Å². The van der Waals surface area contributed by atoms with Crippen molar-refractivity contribution in [2.45, 2.75) is 25.2 Å². The molecular weight excluding hydrogens is 322 g/mol. The molecule has 0 spiro atoms. The molecule has 3 atom stereocenters. The number of rotatable bonds is 1. The molecule has 0 radical (unpaired) electrons. The molecule has 4 nitrogen and oxygen atoms in total. The van der Waals surface area contributed by atoms with Gasteiger partial charge >= 0.3 is 0 Å². The summed E-state index contributed by atoms with van der Waals surface area (Å²) in [6.07, 6.45) is 3.97. The topological polar surface area (TPSA) is 95.2 Å². The maximum absolute atomic E-state index is 14.5. The van der Waals surface area contributed by atoms with Crippen molar-refractivity contribution in [2.24, 2.45) is 17.3 Å².